The maximum absolute atomic E-state index is 2.42. The van der Waals surface area contributed by atoms with E-state index in [1.807, 2.05) is 0 Å². The zero-order valence-electron chi connectivity index (χ0n) is 8.37. The minimum absolute atomic E-state index is 0.113. The number of allylic oxidation sites excluding steroid dienone is 3. The molecule has 1 heterocycles. The molecule has 0 aromatic carbocycles. The van der Waals surface area contributed by atoms with E-state index < -0.39 is 0 Å². The third-order valence-electron chi connectivity index (χ3n) is 2.19. The van der Waals surface area contributed by atoms with Crippen molar-refractivity contribution >= 4 is 20.9 Å². The van der Waals surface area contributed by atoms with Crippen LogP contribution in [0.2, 0.25) is 3.97 Å². The van der Waals surface area contributed by atoms with Gasteiger partial charge in [0.25, 0.3) is 0 Å². The van der Waals surface area contributed by atoms with Crippen molar-refractivity contribution in [2.45, 2.75) is 31.7 Å². The van der Waals surface area contributed by atoms with Gasteiger partial charge < -0.3 is 0 Å². The van der Waals surface area contributed by atoms with Crippen molar-refractivity contribution in [2.75, 3.05) is 0 Å². The summed E-state index contributed by atoms with van der Waals surface area (Å²) in [4.78, 5) is 0. The molecule has 0 nitrogen and oxygen atoms in total. The van der Waals surface area contributed by atoms with Crippen molar-refractivity contribution in [3.8, 4) is 0 Å². The monoisotopic (exact) mass is 280 g/mol. The van der Waals surface area contributed by atoms with Gasteiger partial charge in [-0.15, -0.1) is 0 Å². The molecular formula is C11H18Te. The molecule has 0 aromatic heterocycles. The van der Waals surface area contributed by atoms with Crippen molar-refractivity contribution in [1.29, 1.82) is 0 Å². The van der Waals surface area contributed by atoms with Gasteiger partial charge in [-0.25, -0.2) is 0 Å². The normalized spacial score (nSPS) is 23.5. The minimum atomic E-state index is 0.113. The van der Waals surface area contributed by atoms with Gasteiger partial charge in [-0.05, 0) is 0 Å². The van der Waals surface area contributed by atoms with Crippen LogP contribution in [0.5, 0.6) is 0 Å². The topological polar surface area (TPSA) is 0 Å². The van der Waals surface area contributed by atoms with Crippen LogP contribution in [0.4, 0.5) is 0 Å². The first-order valence-corrected chi connectivity index (χ1v) is 7.34. The summed E-state index contributed by atoms with van der Waals surface area (Å²) in [6, 6.07) is 0. The molecule has 1 aliphatic heterocycles. The van der Waals surface area contributed by atoms with Crippen molar-refractivity contribution in [3.05, 3.63) is 21.8 Å². The van der Waals surface area contributed by atoms with Gasteiger partial charge in [-0.1, -0.05) is 0 Å². The summed E-state index contributed by atoms with van der Waals surface area (Å²) in [6.45, 7) is 9.33. The third-order valence-corrected chi connectivity index (χ3v) is 6.26. The van der Waals surface area contributed by atoms with E-state index in [-0.39, 0.29) is 20.9 Å². The van der Waals surface area contributed by atoms with E-state index in [9.17, 15) is 0 Å². The van der Waals surface area contributed by atoms with Crippen LogP contribution < -0.4 is 0 Å². The van der Waals surface area contributed by atoms with Crippen molar-refractivity contribution in [3.63, 3.8) is 0 Å². The fraction of sp³-hybridized carbons (Fsp3) is 0.636. The summed E-state index contributed by atoms with van der Waals surface area (Å²) >= 11 is 0.113. The van der Waals surface area contributed by atoms with Crippen LogP contribution in [-0.2, 0) is 0 Å². The van der Waals surface area contributed by atoms with Crippen molar-refractivity contribution in [2.24, 2.45) is 11.8 Å². The van der Waals surface area contributed by atoms with Crippen molar-refractivity contribution < 1.29 is 0 Å². The van der Waals surface area contributed by atoms with E-state index in [0.29, 0.717) is 0 Å². The first-order chi connectivity index (χ1) is 5.63. The first-order valence-electron chi connectivity index (χ1n) is 4.65. The van der Waals surface area contributed by atoms with Gasteiger partial charge in [-0.3, -0.25) is 0 Å². The molecule has 0 amide bonds. The summed E-state index contributed by atoms with van der Waals surface area (Å²) in [5.41, 5.74) is 1.69. The van der Waals surface area contributed by atoms with Crippen LogP contribution in [0.3, 0.4) is 0 Å². The molecule has 1 heteroatoms. The van der Waals surface area contributed by atoms with Gasteiger partial charge in [0.05, 0.1) is 0 Å². The Morgan fingerprint density at radius 3 is 2.33 bits per heavy atom. The number of rotatable bonds is 2. The SMILES string of the molecule is CC(C)C1=CC=C[Te]C1C(C)C. The zero-order valence-corrected chi connectivity index (χ0v) is 10.7. The molecule has 12 heavy (non-hydrogen) atoms. The second kappa shape index (κ2) is 4.49. The molecule has 1 unspecified atom stereocenters. The van der Waals surface area contributed by atoms with Crippen LogP contribution in [-0.4, -0.2) is 20.9 Å². The van der Waals surface area contributed by atoms with Crippen molar-refractivity contribution in [1.82, 2.24) is 0 Å². The molecule has 1 aliphatic rings. The summed E-state index contributed by atoms with van der Waals surface area (Å²) in [6.07, 6.45) is 4.60. The van der Waals surface area contributed by atoms with Crippen LogP contribution in [0.25, 0.3) is 0 Å². The fourth-order valence-electron chi connectivity index (χ4n) is 1.52. The average molecular weight is 278 g/mol. The first kappa shape index (κ1) is 10.4. The fourth-order valence-corrected chi connectivity index (χ4v) is 4.83. The molecular weight excluding hydrogens is 260 g/mol. The van der Waals surface area contributed by atoms with E-state index in [1.54, 1.807) is 5.57 Å². The second-order valence-electron chi connectivity index (χ2n) is 3.95. The Balaban J connectivity index is 2.77. The molecule has 0 saturated heterocycles. The van der Waals surface area contributed by atoms with E-state index >= 15 is 0 Å². The Bertz CT molecular complexity index is 199. The summed E-state index contributed by atoms with van der Waals surface area (Å²) < 4.78 is 3.34. The predicted molar refractivity (Wildman–Crippen MR) is 56.4 cm³/mol. The Morgan fingerprint density at radius 1 is 1.25 bits per heavy atom. The van der Waals surface area contributed by atoms with Crippen LogP contribution in [0, 0.1) is 11.8 Å². The molecule has 0 bridgehead atoms. The van der Waals surface area contributed by atoms with E-state index in [4.69, 9.17) is 0 Å². The van der Waals surface area contributed by atoms with E-state index in [2.05, 4.69) is 44.0 Å². The molecule has 0 saturated carbocycles. The van der Waals surface area contributed by atoms with Crippen LogP contribution >= 0.6 is 0 Å². The van der Waals surface area contributed by atoms with Gasteiger partial charge >= 0.3 is 86.3 Å². The summed E-state index contributed by atoms with van der Waals surface area (Å²) in [7, 11) is 0. The molecule has 0 spiro atoms. The van der Waals surface area contributed by atoms with Crippen LogP contribution in [0.15, 0.2) is 21.8 Å². The molecule has 0 radical (unpaired) electrons. The Labute approximate surface area is 86.2 Å². The van der Waals surface area contributed by atoms with Gasteiger partial charge in [0.1, 0.15) is 0 Å². The maximum atomic E-state index is 2.42. The number of hydrogen-bond donors (Lipinski definition) is 0. The predicted octanol–water partition coefficient (Wildman–Crippen LogP) is 3.24. The molecule has 0 aliphatic carbocycles. The Morgan fingerprint density at radius 2 is 1.92 bits per heavy atom. The molecule has 1 rings (SSSR count). The molecule has 0 fully saturated rings. The van der Waals surface area contributed by atoms with Gasteiger partial charge in [0.15, 0.2) is 0 Å². The summed E-state index contributed by atoms with van der Waals surface area (Å²) in [5.74, 6) is 1.58. The number of hydrogen-bond acceptors (Lipinski definition) is 0. The quantitative estimate of drug-likeness (QED) is 0.680. The van der Waals surface area contributed by atoms with E-state index in [0.717, 1.165) is 15.8 Å². The Hall–Kier alpha value is 0.270. The van der Waals surface area contributed by atoms with E-state index in [1.165, 1.54) is 0 Å². The molecule has 0 aromatic rings. The molecule has 1 atom stereocenters. The second-order valence-corrected chi connectivity index (χ2v) is 6.95. The van der Waals surface area contributed by atoms with Gasteiger partial charge in [0.2, 0.25) is 0 Å². The molecule has 68 valence electrons. The average Bonchev–Trinajstić information content (AvgIpc) is 2.04. The van der Waals surface area contributed by atoms with Crippen LogP contribution in [0.1, 0.15) is 27.7 Å². The van der Waals surface area contributed by atoms with Gasteiger partial charge in [-0.2, -0.15) is 0 Å². The van der Waals surface area contributed by atoms with Gasteiger partial charge in [0, 0.05) is 0 Å². The standard InChI is InChI=1S/C11H18Te/c1-8(2)10-6-5-7-12-11(10)9(3)4/h5-9,11H,1-4H3. The Kier molecular flexibility index (Phi) is 3.87. The summed E-state index contributed by atoms with van der Waals surface area (Å²) in [5, 5.41) is 0. The third kappa shape index (κ3) is 2.38. The molecule has 0 N–H and O–H groups in total. The zero-order chi connectivity index (χ0) is 9.14.